The molecule has 14 N–H and O–H groups in total. The van der Waals surface area contributed by atoms with Crippen molar-refractivity contribution < 1.29 is 67.8 Å². The molecule has 0 saturated heterocycles. The highest BCUT2D eigenvalue weighted by molar-refractivity contribution is 7.46. The molecule has 0 fully saturated rings. The number of fused-ring (bicyclic) bond motifs is 1. The van der Waals surface area contributed by atoms with E-state index in [9.17, 15) is 53.4 Å². The SMILES string of the molecule is NC(=O)CCC(NC(=O)C(N)Cc1c[nH]c2ccccc12)C(=O)NC(Cc1ccc(O)cc1)C(=O)NC(CCC(=O)O)C(=O)NC(Cc1ccc(OP(=O)(O)O)cc1)C(=O)O. The Morgan fingerprint density at radius 3 is 1.75 bits per heavy atom. The van der Waals surface area contributed by atoms with Crippen LogP contribution in [0.4, 0.5) is 0 Å². The lowest BCUT2D eigenvalue weighted by molar-refractivity contribution is -0.143. The molecule has 3 aromatic carbocycles. The number of aromatic nitrogens is 1. The molecule has 1 aromatic heterocycles. The summed E-state index contributed by atoms with van der Waals surface area (Å²) in [5.41, 5.74) is 13.8. The highest BCUT2D eigenvalue weighted by Gasteiger charge is 2.33. The molecular weight excluding hydrogens is 821 g/mol. The van der Waals surface area contributed by atoms with E-state index in [-0.39, 0.29) is 49.2 Å². The maximum Gasteiger partial charge on any atom is 0.524 e. The fraction of sp³-hybridized carbons (Fsp3) is 0.308. The smallest absolute Gasteiger partial charge is 0.508 e. The molecule has 0 radical (unpaired) electrons. The Morgan fingerprint density at radius 1 is 0.672 bits per heavy atom. The summed E-state index contributed by atoms with van der Waals surface area (Å²) in [6.45, 7) is 0. The molecular formula is C39H46N7O14P. The zero-order valence-electron chi connectivity index (χ0n) is 32.4. The number of phenols is 1. The van der Waals surface area contributed by atoms with Gasteiger partial charge in [0.15, 0.2) is 0 Å². The molecule has 5 atom stereocenters. The van der Waals surface area contributed by atoms with Crippen LogP contribution in [0.3, 0.4) is 0 Å². The van der Waals surface area contributed by atoms with Crippen LogP contribution in [-0.2, 0) is 57.4 Å². The van der Waals surface area contributed by atoms with Gasteiger partial charge in [-0.1, -0.05) is 42.5 Å². The van der Waals surface area contributed by atoms with E-state index in [4.69, 9.17) is 21.3 Å². The summed E-state index contributed by atoms with van der Waals surface area (Å²) in [5, 5.41) is 39.7. The van der Waals surface area contributed by atoms with Crippen molar-refractivity contribution in [3.8, 4) is 11.5 Å². The predicted molar refractivity (Wildman–Crippen MR) is 215 cm³/mol. The van der Waals surface area contributed by atoms with Crippen molar-refractivity contribution in [2.45, 2.75) is 75.2 Å². The number of benzene rings is 3. The summed E-state index contributed by atoms with van der Waals surface area (Å²) in [4.78, 5) is 111. The summed E-state index contributed by atoms with van der Waals surface area (Å²) in [7, 11) is -4.88. The number of carbonyl (C=O) groups excluding carboxylic acids is 5. The number of carbonyl (C=O) groups is 7. The van der Waals surface area contributed by atoms with Gasteiger partial charge in [0.25, 0.3) is 0 Å². The van der Waals surface area contributed by atoms with E-state index in [0.29, 0.717) is 5.56 Å². The molecule has 22 heteroatoms. The van der Waals surface area contributed by atoms with Crippen LogP contribution >= 0.6 is 7.82 Å². The number of carboxylic acids is 2. The summed E-state index contributed by atoms with van der Waals surface area (Å²) < 4.78 is 15.6. The average Bonchev–Trinajstić information content (AvgIpc) is 3.60. The first kappa shape index (κ1) is 46.9. The number of hydrogen-bond donors (Lipinski definition) is 12. The number of para-hydroxylation sites is 1. The Labute approximate surface area is 347 Å². The van der Waals surface area contributed by atoms with E-state index in [1.807, 2.05) is 24.3 Å². The number of nitrogens with two attached hydrogens (primary N) is 2. The molecule has 0 aliphatic carbocycles. The molecule has 0 bridgehead atoms. The Morgan fingerprint density at radius 2 is 1.18 bits per heavy atom. The van der Waals surface area contributed by atoms with E-state index in [0.717, 1.165) is 28.6 Å². The number of nitrogens with one attached hydrogen (secondary N) is 5. The van der Waals surface area contributed by atoms with Gasteiger partial charge in [0, 0.05) is 42.8 Å². The van der Waals surface area contributed by atoms with E-state index >= 15 is 0 Å². The van der Waals surface area contributed by atoms with Gasteiger partial charge in [0.2, 0.25) is 29.5 Å². The molecule has 326 valence electrons. The van der Waals surface area contributed by atoms with Gasteiger partial charge >= 0.3 is 19.8 Å². The van der Waals surface area contributed by atoms with Crippen LogP contribution in [0.15, 0.2) is 79.0 Å². The molecule has 0 saturated carbocycles. The van der Waals surface area contributed by atoms with Crippen molar-refractivity contribution in [1.82, 2.24) is 26.3 Å². The third-order valence-electron chi connectivity index (χ3n) is 9.26. The standard InChI is InChI=1S/C39H46N7O14P/c40-27(19-23-20-42-28-4-2-1-3-26(23)28)35(51)43-29(13-15-33(41)48)36(52)45-31(17-21-5-9-24(47)10-6-21)38(54)44-30(14-16-34(49)50)37(53)46-32(39(55)56)18-22-7-11-25(12-8-22)60-61(57,58)59/h1-12,20,27,29-32,42,47H,13-19,40H2,(H2,41,48)(H,43,51)(H,44,54)(H,45,52)(H,46,53)(H,49,50)(H,55,56)(H2,57,58,59). The van der Waals surface area contributed by atoms with Crippen LogP contribution in [0, 0.1) is 0 Å². The van der Waals surface area contributed by atoms with Gasteiger partial charge in [0.1, 0.15) is 35.7 Å². The number of primary amides is 1. The number of phosphoric ester groups is 1. The van der Waals surface area contributed by atoms with Crippen LogP contribution < -0.4 is 37.3 Å². The lowest BCUT2D eigenvalue weighted by Gasteiger charge is -2.26. The molecule has 1 heterocycles. The zero-order valence-corrected chi connectivity index (χ0v) is 33.2. The summed E-state index contributed by atoms with van der Waals surface area (Å²) in [6, 6.07) is 10.3. The minimum absolute atomic E-state index is 0.0645. The van der Waals surface area contributed by atoms with Crippen molar-refractivity contribution >= 4 is 60.2 Å². The topological polar surface area (TPSA) is 363 Å². The fourth-order valence-corrected chi connectivity index (χ4v) is 6.55. The first-order valence-electron chi connectivity index (χ1n) is 18.6. The number of rotatable bonds is 23. The van der Waals surface area contributed by atoms with Gasteiger partial charge < -0.3 is 57.6 Å². The van der Waals surface area contributed by atoms with Crippen LogP contribution in [0.1, 0.15) is 42.4 Å². The van der Waals surface area contributed by atoms with Gasteiger partial charge in [0.05, 0.1) is 6.04 Å². The second kappa shape index (κ2) is 21.5. The van der Waals surface area contributed by atoms with Crippen molar-refractivity contribution in [2.24, 2.45) is 11.5 Å². The van der Waals surface area contributed by atoms with E-state index in [1.165, 1.54) is 36.4 Å². The van der Waals surface area contributed by atoms with Crippen LogP contribution in [0.25, 0.3) is 10.9 Å². The van der Waals surface area contributed by atoms with Gasteiger partial charge in [-0.2, -0.15) is 0 Å². The number of aromatic hydroxyl groups is 1. The number of carboxylic acid groups (broad SMARTS) is 2. The van der Waals surface area contributed by atoms with Gasteiger partial charge in [-0.3, -0.25) is 38.6 Å². The molecule has 0 spiro atoms. The molecule has 61 heavy (non-hydrogen) atoms. The van der Waals surface area contributed by atoms with Crippen LogP contribution in [0.5, 0.6) is 11.5 Å². The Balaban J connectivity index is 1.54. The lowest BCUT2D eigenvalue weighted by Crippen LogP contribution is -2.59. The fourth-order valence-electron chi connectivity index (χ4n) is 6.15. The quantitative estimate of drug-likeness (QED) is 0.0432. The van der Waals surface area contributed by atoms with E-state index in [1.54, 1.807) is 6.20 Å². The average molecular weight is 868 g/mol. The zero-order chi connectivity index (χ0) is 44.9. The Kier molecular flexibility index (Phi) is 16.5. The lowest BCUT2D eigenvalue weighted by atomic mass is 10.0. The molecule has 0 aliphatic rings. The second-order valence-electron chi connectivity index (χ2n) is 14.0. The number of phosphoric acid groups is 1. The van der Waals surface area contributed by atoms with E-state index in [2.05, 4.69) is 30.8 Å². The van der Waals surface area contributed by atoms with Crippen LogP contribution in [0.2, 0.25) is 0 Å². The molecule has 21 nitrogen and oxygen atoms in total. The van der Waals surface area contributed by atoms with Gasteiger partial charge in [-0.25, -0.2) is 9.36 Å². The van der Waals surface area contributed by atoms with Crippen molar-refractivity contribution in [1.29, 1.82) is 0 Å². The van der Waals surface area contributed by atoms with Gasteiger partial charge in [-0.05, 0) is 66.3 Å². The predicted octanol–water partition coefficient (Wildman–Crippen LogP) is -0.146. The molecule has 5 amide bonds. The number of H-pyrrole nitrogens is 1. The largest absolute Gasteiger partial charge is 0.524 e. The number of amides is 5. The molecule has 0 aliphatic heterocycles. The summed E-state index contributed by atoms with van der Waals surface area (Å²) in [5.74, 6) is -7.86. The molecule has 5 unspecified atom stereocenters. The normalized spacial score (nSPS) is 13.8. The maximum absolute atomic E-state index is 14.0. The molecule has 4 rings (SSSR count). The minimum atomic E-state index is -4.88. The first-order chi connectivity index (χ1) is 28.8. The summed E-state index contributed by atoms with van der Waals surface area (Å²) in [6.07, 6.45) is -0.734. The van der Waals surface area contributed by atoms with E-state index < -0.39 is 92.3 Å². The van der Waals surface area contributed by atoms with Crippen molar-refractivity contribution in [3.63, 3.8) is 0 Å². The third-order valence-corrected chi connectivity index (χ3v) is 9.70. The number of hydrogen-bond acceptors (Lipinski definition) is 11. The number of aromatic amines is 1. The highest BCUT2D eigenvalue weighted by atomic mass is 31.2. The third kappa shape index (κ3) is 15.1. The highest BCUT2D eigenvalue weighted by Crippen LogP contribution is 2.37. The van der Waals surface area contributed by atoms with Crippen LogP contribution in [-0.4, -0.2) is 102 Å². The Bertz CT molecular complexity index is 2260. The Hall–Kier alpha value is -6.80. The van der Waals surface area contributed by atoms with Crippen molar-refractivity contribution in [2.75, 3.05) is 0 Å². The van der Waals surface area contributed by atoms with Crippen molar-refractivity contribution in [3.05, 3.63) is 95.7 Å². The minimum Gasteiger partial charge on any atom is -0.508 e. The monoisotopic (exact) mass is 867 g/mol. The number of aliphatic carboxylic acids is 2. The molecule has 4 aromatic rings. The summed E-state index contributed by atoms with van der Waals surface area (Å²) >= 11 is 0. The number of phenolic OH excluding ortho intramolecular Hbond substituents is 1. The maximum atomic E-state index is 14.0. The first-order valence-corrected chi connectivity index (χ1v) is 20.2. The van der Waals surface area contributed by atoms with Gasteiger partial charge in [-0.15, -0.1) is 0 Å². The second-order valence-corrected chi connectivity index (χ2v) is 15.2.